The number of nitrogens with zero attached hydrogens (tertiary/aromatic N) is 3. The SMILES string of the molecule is CN1SN(CC2CC2(F)F)c2ccc(-c3ccccc3C(F)(F)F)nc21. The minimum Gasteiger partial charge on any atom is -0.294 e. The van der Waals surface area contributed by atoms with Crippen LogP contribution in [0.3, 0.4) is 0 Å². The molecule has 0 spiro atoms. The van der Waals surface area contributed by atoms with E-state index in [1.54, 1.807) is 21.7 Å². The average molecular weight is 387 g/mol. The zero-order valence-corrected chi connectivity index (χ0v) is 14.4. The third-order valence-electron chi connectivity index (χ3n) is 4.49. The van der Waals surface area contributed by atoms with Gasteiger partial charge >= 0.3 is 6.18 Å². The lowest BCUT2D eigenvalue weighted by Gasteiger charge is -2.16. The Morgan fingerprint density at radius 3 is 2.54 bits per heavy atom. The molecule has 4 rings (SSSR count). The van der Waals surface area contributed by atoms with Crippen LogP contribution in [-0.2, 0) is 6.18 Å². The number of benzene rings is 1. The summed E-state index contributed by atoms with van der Waals surface area (Å²) in [5.74, 6) is -2.85. The quantitative estimate of drug-likeness (QED) is 0.530. The average Bonchev–Trinajstić information content (AvgIpc) is 3.05. The number of halogens is 5. The number of hydrogen-bond donors (Lipinski definition) is 0. The van der Waals surface area contributed by atoms with Gasteiger partial charge in [0.2, 0.25) is 0 Å². The van der Waals surface area contributed by atoms with E-state index in [-0.39, 0.29) is 24.2 Å². The summed E-state index contributed by atoms with van der Waals surface area (Å²) in [6.07, 6.45) is -4.62. The Labute approximate surface area is 151 Å². The lowest BCUT2D eigenvalue weighted by Crippen LogP contribution is -2.18. The fraction of sp³-hybridized carbons (Fsp3) is 0.353. The van der Waals surface area contributed by atoms with Crippen molar-refractivity contribution >= 4 is 23.6 Å². The zero-order chi connectivity index (χ0) is 18.7. The van der Waals surface area contributed by atoms with Crippen molar-refractivity contribution in [1.82, 2.24) is 4.98 Å². The fourth-order valence-electron chi connectivity index (χ4n) is 3.00. The highest BCUT2D eigenvalue weighted by atomic mass is 32.2. The number of rotatable bonds is 3. The predicted molar refractivity (Wildman–Crippen MR) is 91.1 cm³/mol. The van der Waals surface area contributed by atoms with Crippen LogP contribution in [0.15, 0.2) is 36.4 Å². The van der Waals surface area contributed by atoms with Crippen molar-refractivity contribution in [3.8, 4) is 11.3 Å². The van der Waals surface area contributed by atoms with Crippen LogP contribution >= 0.6 is 12.1 Å². The maximum absolute atomic E-state index is 13.2. The lowest BCUT2D eigenvalue weighted by molar-refractivity contribution is -0.137. The van der Waals surface area contributed by atoms with E-state index in [1.165, 1.54) is 36.4 Å². The van der Waals surface area contributed by atoms with Gasteiger partial charge in [0.15, 0.2) is 5.82 Å². The summed E-state index contributed by atoms with van der Waals surface area (Å²) >= 11 is 1.23. The van der Waals surface area contributed by atoms with Gasteiger partial charge < -0.3 is 0 Å². The Kier molecular flexibility index (Phi) is 3.83. The van der Waals surface area contributed by atoms with Crippen LogP contribution in [0.5, 0.6) is 0 Å². The molecule has 0 N–H and O–H groups in total. The van der Waals surface area contributed by atoms with E-state index in [9.17, 15) is 22.0 Å². The summed E-state index contributed by atoms with van der Waals surface area (Å²) in [5, 5.41) is 0. The molecule has 1 saturated carbocycles. The Bertz CT molecular complexity index is 855. The molecule has 0 saturated heterocycles. The first-order valence-corrected chi connectivity index (χ1v) is 8.64. The number of alkyl halides is 5. The molecule has 1 aromatic carbocycles. The number of fused-ring (bicyclic) bond motifs is 1. The van der Waals surface area contributed by atoms with E-state index in [2.05, 4.69) is 4.98 Å². The molecule has 1 aliphatic carbocycles. The number of anilines is 2. The van der Waals surface area contributed by atoms with E-state index in [0.717, 1.165) is 6.07 Å². The van der Waals surface area contributed by atoms with Crippen molar-refractivity contribution in [3.63, 3.8) is 0 Å². The normalized spacial score (nSPS) is 21.1. The summed E-state index contributed by atoms with van der Waals surface area (Å²) in [5.41, 5.74) is 0.0692. The van der Waals surface area contributed by atoms with Crippen molar-refractivity contribution in [2.45, 2.75) is 18.5 Å². The molecule has 1 unspecified atom stereocenters. The van der Waals surface area contributed by atoms with Crippen molar-refractivity contribution in [3.05, 3.63) is 42.0 Å². The van der Waals surface area contributed by atoms with Crippen molar-refractivity contribution in [1.29, 1.82) is 0 Å². The third-order valence-corrected chi connectivity index (χ3v) is 5.45. The van der Waals surface area contributed by atoms with Gasteiger partial charge in [-0.1, -0.05) is 18.2 Å². The van der Waals surface area contributed by atoms with E-state index in [0.29, 0.717) is 11.5 Å². The Morgan fingerprint density at radius 2 is 1.88 bits per heavy atom. The lowest BCUT2D eigenvalue weighted by atomic mass is 10.0. The number of pyridine rings is 1. The van der Waals surface area contributed by atoms with E-state index < -0.39 is 23.6 Å². The Balaban J connectivity index is 1.68. The molecule has 9 heteroatoms. The highest BCUT2D eigenvalue weighted by Gasteiger charge is 2.57. The molecule has 1 fully saturated rings. The van der Waals surface area contributed by atoms with Crippen molar-refractivity contribution in [2.75, 3.05) is 22.2 Å². The highest BCUT2D eigenvalue weighted by molar-refractivity contribution is 8.02. The molecule has 2 aromatic rings. The largest absolute Gasteiger partial charge is 0.417 e. The van der Waals surface area contributed by atoms with Crippen LogP contribution in [0.1, 0.15) is 12.0 Å². The van der Waals surface area contributed by atoms with Crippen LogP contribution in [0.25, 0.3) is 11.3 Å². The molecule has 3 nitrogen and oxygen atoms in total. The Hall–Kier alpha value is -2.03. The minimum atomic E-state index is -4.48. The maximum atomic E-state index is 13.2. The van der Waals surface area contributed by atoms with Crippen LogP contribution in [-0.4, -0.2) is 24.5 Å². The molecule has 0 radical (unpaired) electrons. The van der Waals surface area contributed by atoms with Gasteiger partial charge in [0, 0.05) is 31.5 Å². The van der Waals surface area contributed by atoms with Gasteiger partial charge in [-0.05, 0) is 18.2 Å². The predicted octanol–water partition coefficient (Wildman–Crippen LogP) is 5.24. The van der Waals surface area contributed by atoms with Gasteiger partial charge in [-0.2, -0.15) is 13.2 Å². The first kappa shape index (κ1) is 17.4. The second kappa shape index (κ2) is 5.73. The Morgan fingerprint density at radius 1 is 1.19 bits per heavy atom. The monoisotopic (exact) mass is 387 g/mol. The van der Waals surface area contributed by atoms with E-state index in [1.807, 2.05) is 0 Å². The smallest absolute Gasteiger partial charge is 0.294 e. The van der Waals surface area contributed by atoms with Gasteiger partial charge in [0.05, 0.1) is 29.1 Å². The van der Waals surface area contributed by atoms with Gasteiger partial charge in [-0.25, -0.2) is 13.8 Å². The topological polar surface area (TPSA) is 19.4 Å². The molecule has 0 amide bonds. The second-order valence-corrected chi connectivity index (χ2v) is 7.54. The van der Waals surface area contributed by atoms with Gasteiger partial charge in [0.1, 0.15) is 0 Å². The van der Waals surface area contributed by atoms with Crippen molar-refractivity contribution < 1.29 is 22.0 Å². The number of hydrogen-bond acceptors (Lipinski definition) is 4. The minimum absolute atomic E-state index is 0.00613. The number of aromatic nitrogens is 1. The molecular formula is C17H14F5N3S. The second-order valence-electron chi connectivity index (χ2n) is 6.38. The fourth-order valence-corrected chi connectivity index (χ4v) is 3.99. The zero-order valence-electron chi connectivity index (χ0n) is 13.6. The maximum Gasteiger partial charge on any atom is 0.417 e. The first-order valence-electron chi connectivity index (χ1n) is 7.91. The molecule has 1 atom stereocenters. The molecule has 2 aliphatic rings. The molecule has 1 aliphatic heterocycles. The molecular weight excluding hydrogens is 373 g/mol. The standard InChI is InChI=1S/C17H14F5N3S/c1-24-15-14(25(26-24)9-10-8-16(10,18)19)7-6-13(23-15)11-4-2-3-5-12(11)17(20,21)22/h2-7,10H,8-9H2,1H3. The third kappa shape index (κ3) is 2.98. The van der Waals surface area contributed by atoms with Crippen molar-refractivity contribution in [2.24, 2.45) is 5.92 Å². The summed E-state index contributed by atoms with van der Waals surface area (Å²) in [7, 11) is 1.71. The van der Waals surface area contributed by atoms with E-state index in [4.69, 9.17) is 0 Å². The van der Waals surface area contributed by atoms with Gasteiger partial charge in [-0.3, -0.25) is 8.61 Å². The molecule has 26 heavy (non-hydrogen) atoms. The summed E-state index contributed by atoms with van der Waals surface area (Å²) < 4.78 is 69.5. The summed E-state index contributed by atoms with van der Waals surface area (Å²) in [6, 6.07) is 8.40. The molecule has 2 heterocycles. The van der Waals surface area contributed by atoms with Crippen LogP contribution < -0.4 is 8.61 Å². The molecule has 0 bridgehead atoms. The summed E-state index contributed by atoms with van der Waals surface area (Å²) in [6.45, 7) is 0.176. The van der Waals surface area contributed by atoms with Gasteiger partial charge in [0.25, 0.3) is 5.92 Å². The van der Waals surface area contributed by atoms with Crippen LogP contribution in [0, 0.1) is 5.92 Å². The molecule has 1 aromatic heterocycles. The molecule has 138 valence electrons. The highest BCUT2D eigenvalue weighted by Crippen LogP contribution is 2.52. The van der Waals surface area contributed by atoms with Crippen LogP contribution in [0.2, 0.25) is 0 Å². The van der Waals surface area contributed by atoms with Crippen LogP contribution in [0.4, 0.5) is 33.5 Å². The van der Waals surface area contributed by atoms with E-state index >= 15 is 0 Å². The first-order chi connectivity index (χ1) is 12.2. The summed E-state index contributed by atoms with van der Waals surface area (Å²) in [4.78, 5) is 4.37. The van der Waals surface area contributed by atoms with Gasteiger partial charge in [-0.15, -0.1) is 0 Å².